The molecule has 2 aliphatic rings. The number of aliphatic carboxylic acids is 1. The maximum atomic E-state index is 12.2. The number of carboxylic acid groups (broad SMARTS) is 1. The number of para-hydroxylation sites is 2. The molecule has 0 unspecified atom stereocenters. The minimum atomic E-state index is -0.920. The molecule has 2 N–H and O–H groups in total. The van der Waals surface area contributed by atoms with Crippen molar-refractivity contribution in [2.45, 2.75) is 20.0 Å². The van der Waals surface area contributed by atoms with Crippen molar-refractivity contribution in [2.75, 3.05) is 13.2 Å². The Hall–Kier alpha value is -2.24. The van der Waals surface area contributed by atoms with E-state index in [1.165, 1.54) is 0 Å². The molecular weight excluding hydrogens is 286 g/mol. The van der Waals surface area contributed by atoms with Gasteiger partial charge in [-0.15, -0.1) is 0 Å². The summed E-state index contributed by atoms with van der Waals surface area (Å²) >= 11 is 0. The minimum Gasteiger partial charge on any atom is -0.486 e. The highest BCUT2D eigenvalue weighted by molar-refractivity contribution is 5.91. The molecule has 0 saturated heterocycles. The number of nitrogens with one attached hydrogen (secondary N) is 1. The largest absolute Gasteiger partial charge is 0.486 e. The first-order chi connectivity index (χ1) is 10.4. The Labute approximate surface area is 128 Å². The number of carbonyl (C=O) groups is 2. The summed E-state index contributed by atoms with van der Waals surface area (Å²) in [4.78, 5) is 23.3. The first-order valence-electron chi connectivity index (χ1n) is 7.30. The summed E-state index contributed by atoms with van der Waals surface area (Å²) in [6.07, 6.45) is -0.274. The van der Waals surface area contributed by atoms with E-state index in [2.05, 4.69) is 5.32 Å². The Balaban J connectivity index is 1.54. The van der Waals surface area contributed by atoms with Gasteiger partial charge in [-0.2, -0.15) is 0 Å². The Morgan fingerprint density at radius 2 is 1.95 bits per heavy atom. The van der Waals surface area contributed by atoms with Gasteiger partial charge in [0.1, 0.15) is 12.7 Å². The molecule has 1 aliphatic heterocycles. The number of rotatable bonds is 4. The van der Waals surface area contributed by atoms with Crippen molar-refractivity contribution in [3.63, 3.8) is 0 Å². The predicted octanol–water partition coefficient (Wildman–Crippen LogP) is 1.30. The molecule has 1 aromatic carbocycles. The Morgan fingerprint density at radius 1 is 1.27 bits per heavy atom. The van der Waals surface area contributed by atoms with Gasteiger partial charge in [0.05, 0.1) is 18.4 Å². The van der Waals surface area contributed by atoms with E-state index in [0.717, 1.165) is 0 Å². The van der Waals surface area contributed by atoms with E-state index in [9.17, 15) is 9.59 Å². The smallest absolute Gasteiger partial charge is 0.307 e. The SMILES string of the molecule is CC1(C)[C@H](C(=O)O)[C@H]1C(=O)NC[C@H]1COc2ccccc2O1. The standard InChI is InChI=1S/C16H19NO5/c1-16(2)12(13(16)15(19)20)14(18)17-7-9-8-21-10-5-3-4-6-11(10)22-9/h3-6,9,12-13H,7-8H2,1-2H3,(H,17,18)(H,19,20)/t9-,12-,13-/m0/s1. The summed E-state index contributed by atoms with van der Waals surface area (Å²) in [6, 6.07) is 7.36. The van der Waals surface area contributed by atoms with E-state index in [1.54, 1.807) is 13.8 Å². The van der Waals surface area contributed by atoms with Crippen LogP contribution in [-0.2, 0) is 9.59 Å². The zero-order valence-electron chi connectivity index (χ0n) is 12.5. The number of amides is 1. The van der Waals surface area contributed by atoms with Gasteiger partial charge in [0, 0.05) is 0 Å². The summed E-state index contributed by atoms with van der Waals surface area (Å²) in [5.74, 6) is -0.905. The fourth-order valence-corrected chi connectivity index (χ4v) is 3.08. The normalized spacial score (nSPS) is 27.8. The van der Waals surface area contributed by atoms with Gasteiger partial charge in [-0.1, -0.05) is 26.0 Å². The molecule has 0 aromatic heterocycles. The van der Waals surface area contributed by atoms with E-state index < -0.39 is 23.2 Å². The molecule has 1 aromatic rings. The lowest BCUT2D eigenvalue weighted by atomic mass is 10.1. The average Bonchev–Trinajstić information content (AvgIpc) is 3.07. The number of benzene rings is 1. The van der Waals surface area contributed by atoms with Crippen LogP contribution in [0, 0.1) is 17.3 Å². The summed E-state index contributed by atoms with van der Waals surface area (Å²) in [5.41, 5.74) is -0.494. The van der Waals surface area contributed by atoms with Crippen LogP contribution in [0.3, 0.4) is 0 Å². The van der Waals surface area contributed by atoms with Gasteiger partial charge in [0.15, 0.2) is 11.5 Å². The highest BCUT2D eigenvalue weighted by Crippen LogP contribution is 2.58. The molecule has 0 radical (unpaired) electrons. The van der Waals surface area contributed by atoms with Crippen LogP contribution in [0.4, 0.5) is 0 Å². The van der Waals surface area contributed by atoms with Crippen molar-refractivity contribution in [2.24, 2.45) is 17.3 Å². The lowest BCUT2D eigenvalue weighted by Crippen LogP contribution is -2.41. The maximum Gasteiger partial charge on any atom is 0.307 e. The van der Waals surface area contributed by atoms with Gasteiger partial charge in [-0.25, -0.2) is 0 Å². The zero-order chi connectivity index (χ0) is 15.9. The number of carbonyl (C=O) groups excluding carboxylic acids is 1. The van der Waals surface area contributed by atoms with Crippen LogP contribution in [0.2, 0.25) is 0 Å². The van der Waals surface area contributed by atoms with Crippen LogP contribution in [0.5, 0.6) is 11.5 Å². The van der Waals surface area contributed by atoms with E-state index >= 15 is 0 Å². The fraction of sp³-hybridized carbons (Fsp3) is 0.500. The van der Waals surface area contributed by atoms with Gasteiger partial charge < -0.3 is 19.9 Å². The summed E-state index contributed by atoms with van der Waals surface area (Å²) < 4.78 is 11.3. The summed E-state index contributed by atoms with van der Waals surface area (Å²) in [7, 11) is 0. The van der Waals surface area contributed by atoms with E-state index in [1.807, 2.05) is 24.3 Å². The number of carboxylic acids is 1. The lowest BCUT2D eigenvalue weighted by Gasteiger charge is -2.26. The number of hydrogen-bond donors (Lipinski definition) is 2. The third kappa shape index (κ3) is 2.49. The second-order valence-electron chi connectivity index (χ2n) is 6.36. The van der Waals surface area contributed by atoms with Gasteiger partial charge >= 0.3 is 5.97 Å². The Kier molecular flexibility index (Phi) is 3.47. The molecule has 1 fully saturated rings. The highest BCUT2D eigenvalue weighted by atomic mass is 16.6. The second-order valence-corrected chi connectivity index (χ2v) is 6.36. The molecule has 0 bridgehead atoms. The van der Waals surface area contributed by atoms with Gasteiger partial charge in [-0.3, -0.25) is 9.59 Å². The van der Waals surface area contributed by atoms with E-state index in [0.29, 0.717) is 24.7 Å². The van der Waals surface area contributed by atoms with Crippen LogP contribution < -0.4 is 14.8 Å². The molecule has 3 atom stereocenters. The van der Waals surface area contributed by atoms with Crippen molar-refractivity contribution in [3.8, 4) is 11.5 Å². The zero-order valence-corrected chi connectivity index (χ0v) is 12.5. The lowest BCUT2D eigenvalue weighted by molar-refractivity contribution is -0.140. The first-order valence-corrected chi connectivity index (χ1v) is 7.30. The highest BCUT2D eigenvalue weighted by Gasteiger charge is 2.65. The van der Waals surface area contributed by atoms with Gasteiger partial charge in [0.25, 0.3) is 0 Å². The minimum absolute atomic E-state index is 0.236. The number of hydrogen-bond acceptors (Lipinski definition) is 4. The van der Waals surface area contributed by atoms with E-state index in [-0.39, 0.29) is 12.0 Å². The molecule has 118 valence electrons. The van der Waals surface area contributed by atoms with Crippen molar-refractivity contribution in [3.05, 3.63) is 24.3 Å². The molecule has 6 heteroatoms. The predicted molar refractivity (Wildman–Crippen MR) is 77.8 cm³/mol. The van der Waals surface area contributed by atoms with Crippen molar-refractivity contribution in [1.82, 2.24) is 5.32 Å². The second kappa shape index (κ2) is 5.19. The van der Waals surface area contributed by atoms with E-state index in [4.69, 9.17) is 14.6 Å². The van der Waals surface area contributed by atoms with Crippen LogP contribution in [0.1, 0.15) is 13.8 Å². The molecule has 22 heavy (non-hydrogen) atoms. The molecular formula is C16H19NO5. The quantitative estimate of drug-likeness (QED) is 0.876. The number of ether oxygens (including phenoxy) is 2. The van der Waals surface area contributed by atoms with Gasteiger partial charge in [0.2, 0.25) is 5.91 Å². The maximum absolute atomic E-state index is 12.2. The molecule has 1 saturated carbocycles. The Morgan fingerprint density at radius 3 is 2.59 bits per heavy atom. The number of fused-ring (bicyclic) bond motifs is 1. The molecule has 6 nitrogen and oxygen atoms in total. The van der Waals surface area contributed by atoms with Crippen molar-refractivity contribution >= 4 is 11.9 Å². The van der Waals surface area contributed by atoms with Crippen LogP contribution in [0.25, 0.3) is 0 Å². The van der Waals surface area contributed by atoms with Crippen molar-refractivity contribution in [1.29, 1.82) is 0 Å². The van der Waals surface area contributed by atoms with Crippen molar-refractivity contribution < 1.29 is 24.2 Å². The first kappa shape index (κ1) is 14.7. The fourth-order valence-electron chi connectivity index (χ4n) is 3.08. The van der Waals surface area contributed by atoms with Crippen LogP contribution in [-0.4, -0.2) is 36.2 Å². The molecule has 1 amide bonds. The molecule has 1 aliphatic carbocycles. The molecule has 3 rings (SSSR count). The van der Waals surface area contributed by atoms with Crippen LogP contribution in [0.15, 0.2) is 24.3 Å². The molecule has 0 spiro atoms. The monoisotopic (exact) mass is 305 g/mol. The Bertz CT molecular complexity index is 612. The third-order valence-electron chi connectivity index (χ3n) is 4.45. The topological polar surface area (TPSA) is 84.9 Å². The summed E-state index contributed by atoms with van der Waals surface area (Å²) in [6.45, 7) is 4.25. The van der Waals surface area contributed by atoms with Gasteiger partial charge in [-0.05, 0) is 17.5 Å². The summed E-state index contributed by atoms with van der Waals surface area (Å²) in [5, 5.41) is 11.9. The average molecular weight is 305 g/mol. The third-order valence-corrected chi connectivity index (χ3v) is 4.45. The molecule has 1 heterocycles. The van der Waals surface area contributed by atoms with Crippen LogP contribution >= 0.6 is 0 Å².